The molecule has 1 aliphatic rings. The Morgan fingerprint density at radius 1 is 0.892 bits per heavy atom. The third-order valence-electron chi connectivity index (χ3n) is 6.40. The molecule has 1 aliphatic heterocycles. The number of carbonyl (C=O) groups is 2. The first kappa shape index (κ1) is 26.7. The van der Waals surface area contributed by atoms with Crippen LogP contribution in [-0.2, 0) is 14.8 Å². The molecule has 3 aromatic rings. The quantitative estimate of drug-likeness (QED) is 0.429. The van der Waals surface area contributed by atoms with E-state index in [9.17, 15) is 18.0 Å². The summed E-state index contributed by atoms with van der Waals surface area (Å²) in [7, 11) is -4.09. The van der Waals surface area contributed by atoms with Gasteiger partial charge in [-0.3, -0.25) is 13.9 Å². The molecule has 0 aliphatic carbocycles. The number of hydrogen-bond acceptors (Lipinski definition) is 4. The molecule has 0 saturated carbocycles. The highest BCUT2D eigenvalue weighted by molar-refractivity contribution is 7.92. The van der Waals surface area contributed by atoms with E-state index in [1.807, 2.05) is 4.90 Å². The minimum atomic E-state index is -4.09. The fourth-order valence-corrected chi connectivity index (χ4v) is 6.03. The number of benzene rings is 3. The van der Waals surface area contributed by atoms with Crippen molar-refractivity contribution in [1.29, 1.82) is 0 Å². The average Bonchev–Trinajstić information content (AvgIpc) is 3.18. The van der Waals surface area contributed by atoms with E-state index in [1.54, 1.807) is 55.5 Å². The Bertz CT molecular complexity index is 1370. The minimum absolute atomic E-state index is 0.0182. The standard InChI is InChI=1S/C28H30ClN3O4S/c1-21-10-4-7-13-26(21)32(37(35,36)23-16-14-22(29)15-17-23)20-27(33)30-25-12-6-5-11-24(25)28(34)31-18-8-2-3-9-19-31/h4-7,10-17H,2-3,8-9,18-20H2,1H3,(H,30,33). The van der Waals surface area contributed by atoms with Gasteiger partial charge in [-0.15, -0.1) is 0 Å². The molecule has 0 unspecified atom stereocenters. The largest absolute Gasteiger partial charge is 0.339 e. The van der Waals surface area contributed by atoms with Gasteiger partial charge >= 0.3 is 0 Å². The van der Waals surface area contributed by atoms with Crippen LogP contribution in [0.5, 0.6) is 0 Å². The van der Waals surface area contributed by atoms with E-state index in [0.29, 0.717) is 40.6 Å². The summed E-state index contributed by atoms with van der Waals surface area (Å²) in [6, 6.07) is 19.6. The lowest BCUT2D eigenvalue weighted by molar-refractivity contribution is -0.114. The highest BCUT2D eigenvalue weighted by Gasteiger charge is 2.29. The van der Waals surface area contributed by atoms with Gasteiger partial charge in [0.2, 0.25) is 5.91 Å². The third kappa shape index (κ3) is 6.32. The Morgan fingerprint density at radius 3 is 2.19 bits per heavy atom. The van der Waals surface area contributed by atoms with Crippen molar-refractivity contribution in [2.45, 2.75) is 37.5 Å². The summed E-state index contributed by atoms with van der Waals surface area (Å²) in [5, 5.41) is 3.19. The van der Waals surface area contributed by atoms with Gasteiger partial charge in [0.05, 0.1) is 21.8 Å². The summed E-state index contributed by atoms with van der Waals surface area (Å²) in [4.78, 5) is 28.4. The Labute approximate surface area is 223 Å². The van der Waals surface area contributed by atoms with Crippen LogP contribution in [0, 0.1) is 6.92 Å². The van der Waals surface area contributed by atoms with Gasteiger partial charge in [-0.2, -0.15) is 0 Å². The summed E-state index contributed by atoms with van der Waals surface area (Å²) in [6.45, 7) is 2.68. The molecule has 194 valence electrons. The van der Waals surface area contributed by atoms with Crippen LogP contribution in [0.4, 0.5) is 11.4 Å². The van der Waals surface area contributed by atoms with E-state index in [-0.39, 0.29) is 10.8 Å². The molecule has 0 bridgehead atoms. The topological polar surface area (TPSA) is 86.8 Å². The molecule has 3 aromatic carbocycles. The van der Waals surface area contributed by atoms with Crippen molar-refractivity contribution in [3.8, 4) is 0 Å². The maximum atomic E-state index is 13.6. The number of aryl methyl sites for hydroxylation is 1. The van der Waals surface area contributed by atoms with Crippen molar-refractivity contribution in [3.63, 3.8) is 0 Å². The van der Waals surface area contributed by atoms with Crippen LogP contribution in [-0.4, -0.2) is 44.8 Å². The van der Waals surface area contributed by atoms with Crippen molar-refractivity contribution < 1.29 is 18.0 Å². The molecule has 7 nitrogen and oxygen atoms in total. The van der Waals surface area contributed by atoms with Crippen molar-refractivity contribution in [2.75, 3.05) is 29.3 Å². The lowest BCUT2D eigenvalue weighted by atomic mass is 10.1. The van der Waals surface area contributed by atoms with E-state index in [4.69, 9.17) is 11.6 Å². The van der Waals surface area contributed by atoms with Crippen LogP contribution in [0.1, 0.15) is 41.6 Å². The second kappa shape index (κ2) is 11.8. The average molecular weight is 540 g/mol. The van der Waals surface area contributed by atoms with E-state index in [0.717, 1.165) is 30.0 Å². The number of hydrogen-bond donors (Lipinski definition) is 1. The van der Waals surface area contributed by atoms with Crippen LogP contribution >= 0.6 is 11.6 Å². The van der Waals surface area contributed by atoms with E-state index in [1.165, 1.54) is 24.3 Å². The number of rotatable bonds is 7. The molecule has 0 atom stereocenters. The molecule has 2 amide bonds. The predicted molar refractivity (Wildman–Crippen MR) is 147 cm³/mol. The summed E-state index contributed by atoms with van der Waals surface area (Å²) in [5.74, 6) is -0.695. The summed E-state index contributed by atoms with van der Waals surface area (Å²) in [6.07, 6.45) is 4.10. The Morgan fingerprint density at radius 2 is 1.51 bits per heavy atom. The summed E-state index contributed by atoms with van der Waals surface area (Å²) in [5.41, 5.74) is 1.84. The second-order valence-corrected chi connectivity index (χ2v) is 11.4. The number of likely N-dealkylation sites (tertiary alicyclic amines) is 1. The first-order valence-corrected chi connectivity index (χ1v) is 14.1. The van der Waals surface area contributed by atoms with E-state index < -0.39 is 22.5 Å². The zero-order valence-corrected chi connectivity index (χ0v) is 22.3. The number of anilines is 2. The first-order chi connectivity index (χ1) is 17.8. The minimum Gasteiger partial charge on any atom is -0.339 e. The monoisotopic (exact) mass is 539 g/mol. The number of para-hydroxylation sites is 2. The molecule has 4 rings (SSSR count). The van der Waals surface area contributed by atoms with Crippen LogP contribution in [0.15, 0.2) is 77.7 Å². The molecule has 0 aromatic heterocycles. The number of nitrogens with zero attached hydrogens (tertiary/aromatic N) is 2. The van der Waals surface area contributed by atoms with Crippen molar-refractivity contribution in [2.24, 2.45) is 0 Å². The second-order valence-electron chi connectivity index (χ2n) is 9.05. The molecule has 1 N–H and O–H groups in total. The smallest absolute Gasteiger partial charge is 0.264 e. The zero-order chi connectivity index (χ0) is 26.4. The van der Waals surface area contributed by atoms with E-state index in [2.05, 4.69) is 5.32 Å². The van der Waals surface area contributed by atoms with Gasteiger partial charge in [0.15, 0.2) is 0 Å². The fourth-order valence-electron chi connectivity index (χ4n) is 4.42. The van der Waals surface area contributed by atoms with Crippen LogP contribution in [0.2, 0.25) is 5.02 Å². The Kier molecular flexibility index (Phi) is 8.51. The Hall–Kier alpha value is -3.36. The summed E-state index contributed by atoms with van der Waals surface area (Å²) < 4.78 is 28.4. The van der Waals surface area contributed by atoms with Gasteiger partial charge in [0.1, 0.15) is 6.54 Å². The van der Waals surface area contributed by atoms with Gasteiger partial charge in [0, 0.05) is 18.1 Å². The number of nitrogens with one attached hydrogen (secondary N) is 1. The molecule has 1 saturated heterocycles. The van der Waals surface area contributed by atoms with Gasteiger partial charge in [-0.05, 0) is 67.8 Å². The molecule has 0 radical (unpaired) electrons. The maximum Gasteiger partial charge on any atom is 0.264 e. The van der Waals surface area contributed by atoms with Crippen molar-refractivity contribution in [1.82, 2.24) is 4.90 Å². The van der Waals surface area contributed by atoms with Gasteiger partial charge in [-0.25, -0.2) is 8.42 Å². The van der Waals surface area contributed by atoms with Crippen LogP contribution < -0.4 is 9.62 Å². The molecular weight excluding hydrogens is 510 g/mol. The number of halogens is 1. The lowest BCUT2D eigenvalue weighted by Gasteiger charge is -2.26. The van der Waals surface area contributed by atoms with Gasteiger partial charge < -0.3 is 10.2 Å². The van der Waals surface area contributed by atoms with E-state index >= 15 is 0 Å². The predicted octanol–water partition coefficient (Wildman–Crippen LogP) is 5.50. The van der Waals surface area contributed by atoms with Gasteiger partial charge in [0.25, 0.3) is 15.9 Å². The lowest BCUT2D eigenvalue weighted by Crippen LogP contribution is -2.39. The fraction of sp³-hybridized carbons (Fsp3) is 0.286. The molecule has 0 spiro atoms. The maximum absolute atomic E-state index is 13.6. The normalized spacial score (nSPS) is 14.1. The molecule has 9 heteroatoms. The molecule has 1 fully saturated rings. The Balaban J connectivity index is 1.62. The summed E-state index contributed by atoms with van der Waals surface area (Å²) >= 11 is 5.96. The SMILES string of the molecule is Cc1ccccc1N(CC(=O)Nc1ccccc1C(=O)N1CCCCCC1)S(=O)(=O)c1ccc(Cl)cc1. The van der Waals surface area contributed by atoms with Gasteiger partial charge in [-0.1, -0.05) is 54.8 Å². The highest BCUT2D eigenvalue weighted by Crippen LogP contribution is 2.28. The van der Waals surface area contributed by atoms with Crippen molar-refractivity contribution in [3.05, 3.63) is 88.9 Å². The zero-order valence-electron chi connectivity index (χ0n) is 20.7. The molecular formula is C28H30ClN3O4S. The number of sulfonamides is 1. The third-order valence-corrected chi connectivity index (χ3v) is 8.42. The number of carbonyl (C=O) groups excluding carboxylic acids is 2. The highest BCUT2D eigenvalue weighted by atomic mass is 35.5. The van der Waals surface area contributed by atoms with Crippen LogP contribution in [0.25, 0.3) is 0 Å². The first-order valence-electron chi connectivity index (χ1n) is 12.3. The molecule has 1 heterocycles. The number of amides is 2. The van der Waals surface area contributed by atoms with Crippen molar-refractivity contribution >= 4 is 44.8 Å². The molecule has 37 heavy (non-hydrogen) atoms. The van der Waals surface area contributed by atoms with Crippen LogP contribution in [0.3, 0.4) is 0 Å².